The van der Waals surface area contributed by atoms with Crippen LogP contribution >= 0.6 is 23.2 Å². The Morgan fingerprint density at radius 1 is 1.30 bits per heavy atom. The lowest BCUT2D eigenvalue weighted by molar-refractivity contribution is -0.00515. The third-order valence-corrected chi connectivity index (χ3v) is 4.83. The molecule has 0 saturated heterocycles. The van der Waals surface area contributed by atoms with Gasteiger partial charge in [-0.2, -0.15) is 0 Å². The van der Waals surface area contributed by atoms with Gasteiger partial charge in [0.1, 0.15) is 4.90 Å². The molecule has 0 aromatic heterocycles. The molecule has 0 spiro atoms. The van der Waals surface area contributed by atoms with Crippen LogP contribution in [0, 0.1) is 0 Å². The molecule has 0 radical (unpaired) electrons. The Labute approximate surface area is 129 Å². The van der Waals surface area contributed by atoms with Crippen molar-refractivity contribution in [1.82, 2.24) is 4.72 Å². The standard InChI is InChI=1S/C12H18Cl2N2O3S/c1-4-19-12(2,3)7-16-20(17,18)11-9(13)5-8(15)6-10(11)14/h5-6,16H,4,7,15H2,1-3H3. The number of halogens is 2. The van der Waals surface area contributed by atoms with Crippen molar-refractivity contribution in [2.45, 2.75) is 31.3 Å². The average molecular weight is 341 g/mol. The number of nitrogens with one attached hydrogen (secondary N) is 1. The summed E-state index contributed by atoms with van der Waals surface area (Å²) in [5, 5.41) is -0.0339. The van der Waals surface area contributed by atoms with Crippen LogP contribution in [0.1, 0.15) is 20.8 Å². The Balaban J connectivity index is 3.01. The summed E-state index contributed by atoms with van der Waals surface area (Å²) < 4.78 is 32.4. The second-order valence-electron chi connectivity index (χ2n) is 4.83. The predicted octanol–water partition coefficient (Wildman–Crippen LogP) is 2.67. The fourth-order valence-electron chi connectivity index (χ4n) is 1.62. The van der Waals surface area contributed by atoms with E-state index in [4.69, 9.17) is 33.7 Å². The number of rotatable bonds is 6. The third-order valence-electron chi connectivity index (χ3n) is 2.51. The molecule has 0 aliphatic rings. The molecule has 0 atom stereocenters. The van der Waals surface area contributed by atoms with Crippen LogP contribution in [0.15, 0.2) is 17.0 Å². The number of hydrogen-bond donors (Lipinski definition) is 2. The smallest absolute Gasteiger partial charge is 0.243 e. The lowest BCUT2D eigenvalue weighted by atomic mass is 10.1. The van der Waals surface area contributed by atoms with Crippen molar-refractivity contribution >= 4 is 38.9 Å². The minimum Gasteiger partial charge on any atom is -0.399 e. The highest BCUT2D eigenvalue weighted by Gasteiger charge is 2.26. The zero-order valence-corrected chi connectivity index (χ0v) is 13.9. The molecule has 0 amide bonds. The molecule has 3 N–H and O–H groups in total. The topological polar surface area (TPSA) is 81.4 Å². The summed E-state index contributed by atoms with van der Waals surface area (Å²) in [4.78, 5) is -0.178. The van der Waals surface area contributed by atoms with Crippen molar-refractivity contribution in [2.24, 2.45) is 0 Å². The molecule has 1 aromatic carbocycles. The van der Waals surface area contributed by atoms with Gasteiger partial charge in [-0.25, -0.2) is 13.1 Å². The van der Waals surface area contributed by atoms with E-state index in [1.54, 1.807) is 13.8 Å². The van der Waals surface area contributed by atoms with Crippen LogP contribution in [0.25, 0.3) is 0 Å². The number of anilines is 1. The predicted molar refractivity (Wildman–Crippen MR) is 81.8 cm³/mol. The third kappa shape index (κ3) is 4.49. The Morgan fingerprint density at radius 3 is 2.25 bits per heavy atom. The normalized spacial score (nSPS) is 12.7. The van der Waals surface area contributed by atoms with Gasteiger partial charge in [-0.15, -0.1) is 0 Å². The fraction of sp³-hybridized carbons (Fsp3) is 0.500. The first-order chi connectivity index (χ1) is 9.09. The first kappa shape index (κ1) is 17.5. The SMILES string of the molecule is CCOC(C)(C)CNS(=O)(=O)c1c(Cl)cc(N)cc1Cl. The molecule has 0 fully saturated rings. The van der Waals surface area contributed by atoms with Gasteiger partial charge in [-0.1, -0.05) is 23.2 Å². The van der Waals surface area contributed by atoms with Crippen molar-refractivity contribution in [3.63, 3.8) is 0 Å². The quantitative estimate of drug-likeness (QED) is 0.780. The van der Waals surface area contributed by atoms with Crippen LogP contribution in [-0.2, 0) is 14.8 Å². The van der Waals surface area contributed by atoms with Crippen LogP contribution < -0.4 is 10.5 Å². The second kappa shape index (κ2) is 6.49. The lowest BCUT2D eigenvalue weighted by Gasteiger charge is -2.25. The Morgan fingerprint density at radius 2 is 1.80 bits per heavy atom. The number of benzene rings is 1. The minimum absolute atomic E-state index is 0.0169. The van der Waals surface area contributed by atoms with E-state index in [0.29, 0.717) is 12.3 Å². The van der Waals surface area contributed by atoms with Gasteiger partial charge in [0.05, 0.1) is 15.6 Å². The Kier molecular flexibility index (Phi) is 5.69. The van der Waals surface area contributed by atoms with E-state index < -0.39 is 15.6 Å². The minimum atomic E-state index is -3.84. The summed E-state index contributed by atoms with van der Waals surface area (Å²) in [5.41, 5.74) is 5.22. The molecule has 0 heterocycles. The summed E-state index contributed by atoms with van der Waals surface area (Å²) in [7, 11) is -3.84. The van der Waals surface area contributed by atoms with E-state index in [9.17, 15) is 8.42 Å². The van der Waals surface area contributed by atoms with Crippen molar-refractivity contribution in [3.05, 3.63) is 22.2 Å². The first-order valence-electron chi connectivity index (χ1n) is 5.97. The number of nitrogen functional groups attached to an aromatic ring is 1. The summed E-state index contributed by atoms with van der Waals surface area (Å²) >= 11 is 11.8. The van der Waals surface area contributed by atoms with Crippen LogP contribution in [0.3, 0.4) is 0 Å². The van der Waals surface area contributed by atoms with Crippen LogP contribution in [0.5, 0.6) is 0 Å². The van der Waals surface area contributed by atoms with Crippen molar-refractivity contribution in [3.8, 4) is 0 Å². The highest BCUT2D eigenvalue weighted by Crippen LogP contribution is 2.31. The molecule has 20 heavy (non-hydrogen) atoms. The average Bonchev–Trinajstić information content (AvgIpc) is 2.24. The van der Waals surface area contributed by atoms with Gasteiger partial charge in [0.2, 0.25) is 10.0 Å². The van der Waals surface area contributed by atoms with E-state index in [0.717, 1.165) is 0 Å². The summed E-state index contributed by atoms with van der Waals surface area (Å²) in [6.45, 7) is 5.98. The van der Waals surface area contributed by atoms with Gasteiger partial charge < -0.3 is 10.5 Å². The van der Waals surface area contributed by atoms with Gasteiger partial charge in [-0.05, 0) is 32.9 Å². The second-order valence-corrected chi connectivity index (χ2v) is 7.35. The monoisotopic (exact) mass is 340 g/mol. The Bertz CT molecular complexity index is 565. The summed E-state index contributed by atoms with van der Waals surface area (Å²) in [6.07, 6.45) is 0. The van der Waals surface area contributed by atoms with Crippen LogP contribution in [0.4, 0.5) is 5.69 Å². The van der Waals surface area contributed by atoms with E-state index in [1.807, 2.05) is 6.92 Å². The zero-order chi connectivity index (χ0) is 15.6. The van der Waals surface area contributed by atoms with Gasteiger partial charge >= 0.3 is 0 Å². The largest absolute Gasteiger partial charge is 0.399 e. The molecule has 114 valence electrons. The first-order valence-corrected chi connectivity index (χ1v) is 8.21. The summed E-state index contributed by atoms with van der Waals surface area (Å²) in [5.74, 6) is 0. The zero-order valence-electron chi connectivity index (χ0n) is 11.5. The van der Waals surface area contributed by atoms with E-state index in [2.05, 4.69) is 4.72 Å². The van der Waals surface area contributed by atoms with Gasteiger partial charge in [0.25, 0.3) is 0 Å². The van der Waals surface area contributed by atoms with Gasteiger partial charge in [-0.3, -0.25) is 0 Å². The van der Waals surface area contributed by atoms with Gasteiger partial charge in [0, 0.05) is 18.8 Å². The van der Waals surface area contributed by atoms with Crippen molar-refractivity contribution in [2.75, 3.05) is 18.9 Å². The van der Waals surface area contributed by atoms with E-state index in [-0.39, 0.29) is 21.5 Å². The molecular weight excluding hydrogens is 323 g/mol. The molecule has 8 heteroatoms. The molecule has 0 bridgehead atoms. The molecular formula is C12H18Cl2N2O3S. The number of ether oxygens (including phenoxy) is 1. The molecule has 0 aliphatic carbocycles. The molecule has 0 aliphatic heterocycles. The fourth-order valence-corrected chi connectivity index (χ4v) is 4.05. The molecule has 1 rings (SSSR count). The highest BCUT2D eigenvalue weighted by molar-refractivity contribution is 7.89. The molecule has 0 saturated carbocycles. The van der Waals surface area contributed by atoms with Crippen molar-refractivity contribution < 1.29 is 13.2 Å². The Hall–Kier alpha value is -0.530. The van der Waals surface area contributed by atoms with E-state index in [1.165, 1.54) is 12.1 Å². The molecule has 5 nitrogen and oxygen atoms in total. The lowest BCUT2D eigenvalue weighted by Crippen LogP contribution is -2.40. The summed E-state index contributed by atoms with van der Waals surface area (Å²) in [6, 6.07) is 2.69. The number of hydrogen-bond acceptors (Lipinski definition) is 4. The molecule has 0 unspecified atom stereocenters. The van der Waals surface area contributed by atoms with E-state index >= 15 is 0 Å². The molecule has 1 aromatic rings. The maximum absolute atomic E-state index is 12.3. The van der Waals surface area contributed by atoms with Crippen LogP contribution in [0.2, 0.25) is 10.0 Å². The number of sulfonamides is 1. The van der Waals surface area contributed by atoms with Crippen molar-refractivity contribution in [1.29, 1.82) is 0 Å². The highest BCUT2D eigenvalue weighted by atomic mass is 35.5. The maximum Gasteiger partial charge on any atom is 0.243 e. The van der Waals surface area contributed by atoms with Crippen LogP contribution in [-0.4, -0.2) is 27.2 Å². The maximum atomic E-state index is 12.3. The van der Waals surface area contributed by atoms with Gasteiger partial charge in [0.15, 0.2) is 0 Å². The number of nitrogens with two attached hydrogens (primary N) is 1.